The summed E-state index contributed by atoms with van der Waals surface area (Å²) in [6.45, 7) is 0.566. The van der Waals surface area contributed by atoms with E-state index in [0.717, 1.165) is 5.56 Å². The van der Waals surface area contributed by atoms with Gasteiger partial charge in [0.15, 0.2) is 0 Å². The molecule has 0 fully saturated rings. The second kappa shape index (κ2) is 6.03. The summed E-state index contributed by atoms with van der Waals surface area (Å²) in [5.41, 5.74) is 0.824. The highest BCUT2D eigenvalue weighted by Gasteiger charge is 2.11. The van der Waals surface area contributed by atoms with Crippen LogP contribution in [0.15, 0.2) is 40.0 Å². The maximum absolute atomic E-state index is 12.2. The van der Waals surface area contributed by atoms with Crippen LogP contribution in [0.2, 0.25) is 0 Å². The number of hydrogen-bond donors (Lipinski definition) is 1. The molecule has 0 aliphatic carbocycles. The lowest BCUT2D eigenvalue weighted by molar-refractivity contribution is 0.0956. The summed E-state index contributed by atoms with van der Waals surface area (Å²) >= 11 is 1.57. The van der Waals surface area contributed by atoms with Crippen LogP contribution in [0.25, 0.3) is 0 Å². The third-order valence-corrected chi connectivity index (χ3v) is 3.28. The first-order chi connectivity index (χ1) is 9.22. The van der Waals surface area contributed by atoms with Crippen LogP contribution in [0.5, 0.6) is 0 Å². The number of nitrogens with one attached hydrogen (secondary N) is 1. The predicted octanol–water partition coefficient (Wildman–Crippen LogP) is 1.32. The van der Waals surface area contributed by atoms with E-state index in [2.05, 4.69) is 11.2 Å². The molecule has 2 rings (SSSR count). The van der Waals surface area contributed by atoms with E-state index in [1.54, 1.807) is 23.6 Å². The lowest BCUT2D eigenvalue weighted by Gasteiger charge is -2.06. The molecule has 2 heterocycles. The highest BCUT2D eigenvalue weighted by molar-refractivity contribution is 7.07. The van der Waals surface area contributed by atoms with E-state index in [0.29, 0.717) is 6.54 Å². The number of nitrogens with zero attached hydrogens (tertiary/aromatic N) is 1. The minimum Gasteiger partial charge on any atom is -0.341 e. The van der Waals surface area contributed by atoms with Crippen molar-refractivity contribution >= 4 is 17.2 Å². The zero-order valence-electron chi connectivity index (χ0n) is 10.1. The Morgan fingerprint density at radius 3 is 3.00 bits per heavy atom. The molecule has 0 saturated heterocycles. The van der Waals surface area contributed by atoms with Crippen molar-refractivity contribution in [2.45, 2.75) is 6.54 Å². The van der Waals surface area contributed by atoms with Gasteiger partial charge >= 0.3 is 0 Å². The van der Waals surface area contributed by atoms with Gasteiger partial charge in [-0.15, -0.1) is 6.42 Å². The fraction of sp³-hybridized carbons (Fsp3) is 0.143. The molecule has 96 valence electrons. The standard InChI is InChI=1S/C14H12N2O2S/c1-2-6-15-13(17)12-4-3-7-16(14(12)18)9-11-5-8-19-10-11/h1,3-5,7-8,10H,6,9H2,(H,15,17). The van der Waals surface area contributed by atoms with Crippen molar-refractivity contribution in [1.82, 2.24) is 9.88 Å². The number of carbonyl (C=O) groups is 1. The molecule has 5 heteroatoms. The normalized spacial score (nSPS) is 9.84. The van der Waals surface area contributed by atoms with Gasteiger partial charge < -0.3 is 9.88 Å². The summed E-state index contributed by atoms with van der Waals surface area (Å²) in [7, 11) is 0. The monoisotopic (exact) mass is 272 g/mol. The van der Waals surface area contributed by atoms with Gasteiger partial charge in [-0.1, -0.05) is 5.92 Å². The third kappa shape index (κ3) is 3.12. The molecule has 4 nitrogen and oxygen atoms in total. The van der Waals surface area contributed by atoms with E-state index in [1.807, 2.05) is 16.8 Å². The molecule has 0 radical (unpaired) electrons. The number of carbonyl (C=O) groups excluding carboxylic acids is 1. The van der Waals surface area contributed by atoms with E-state index < -0.39 is 5.91 Å². The smallest absolute Gasteiger partial charge is 0.263 e. The molecule has 0 saturated carbocycles. The Balaban J connectivity index is 2.26. The first-order valence-corrected chi connectivity index (χ1v) is 6.59. The van der Waals surface area contributed by atoms with Crippen molar-refractivity contribution in [3.63, 3.8) is 0 Å². The Kier molecular flexibility index (Phi) is 4.16. The van der Waals surface area contributed by atoms with Gasteiger partial charge in [-0.2, -0.15) is 11.3 Å². The maximum atomic E-state index is 12.2. The van der Waals surface area contributed by atoms with Crippen molar-refractivity contribution in [2.75, 3.05) is 6.54 Å². The van der Waals surface area contributed by atoms with E-state index in [1.165, 1.54) is 10.6 Å². The molecule has 0 unspecified atom stereocenters. The van der Waals surface area contributed by atoms with Gasteiger partial charge in [0.25, 0.3) is 11.5 Å². The Hall–Kier alpha value is -2.32. The summed E-state index contributed by atoms with van der Waals surface area (Å²) in [5.74, 6) is 1.86. The largest absolute Gasteiger partial charge is 0.341 e. The van der Waals surface area contributed by atoms with Gasteiger partial charge in [-0.3, -0.25) is 9.59 Å². The van der Waals surface area contributed by atoms with Crippen LogP contribution >= 0.6 is 11.3 Å². The van der Waals surface area contributed by atoms with Gasteiger partial charge in [-0.25, -0.2) is 0 Å². The fourth-order valence-electron chi connectivity index (χ4n) is 1.64. The topological polar surface area (TPSA) is 51.1 Å². The molecule has 0 spiro atoms. The lowest BCUT2D eigenvalue weighted by atomic mass is 10.2. The van der Waals surface area contributed by atoms with Gasteiger partial charge in [0.1, 0.15) is 5.56 Å². The molecule has 0 bridgehead atoms. The molecule has 2 aromatic rings. The van der Waals surface area contributed by atoms with Crippen LogP contribution in [0.3, 0.4) is 0 Å². The summed E-state index contributed by atoms with van der Waals surface area (Å²) in [6.07, 6.45) is 6.73. The number of hydrogen-bond acceptors (Lipinski definition) is 3. The van der Waals surface area contributed by atoms with Crippen molar-refractivity contribution in [3.05, 3.63) is 56.6 Å². The van der Waals surface area contributed by atoms with Crippen LogP contribution in [-0.2, 0) is 6.54 Å². The van der Waals surface area contributed by atoms with Crippen LogP contribution in [0.1, 0.15) is 15.9 Å². The molecular formula is C14H12N2O2S. The van der Waals surface area contributed by atoms with E-state index >= 15 is 0 Å². The average Bonchev–Trinajstić information content (AvgIpc) is 2.91. The Morgan fingerprint density at radius 2 is 2.32 bits per heavy atom. The Bertz CT molecular complexity index is 665. The van der Waals surface area contributed by atoms with Crippen LogP contribution in [0.4, 0.5) is 0 Å². The number of aromatic nitrogens is 1. The molecule has 19 heavy (non-hydrogen) atoms. The molecule has 0 aliphatic heterocycles. The van der Waals surface area contributed by atoms with Gasteiger partial charge in [0, 0.05) is 6.20 Å². The van der Waals surface area contributed by atoms with Crippen LogP contribution in [0, 0.1) is 12.3 Å². The summed E-state index contributed by atoms with van der Waals surface area (Å²) in [4.78, 5) is 23.9. The second-order valence-electron chi connectivity index (χ2n) is 3.87. The number of pyridine rings is 1. The minimum absolute atomic E-state index is 0.105. The third-order valence-electron chi connectivity index (χ3n) is 2.55. The van der Waals surface area contributed by atoms with Crippen molar-refractivity contribution < 1.29 is 4.79 Å². The number of terminal acetylenes is 1. The number of amides is 1. The Morgan fingerprint density at radius 1 is 1.47 bits per heavy atom. The van der Waals surface area contributed by atoms with Crippen LogP contribution in [-0.4, -0.2) is 17.0 Å². The molecule has 0 aromatic carbocycles. The Labute approximate surface area is 114 Å². The highest BCUT2D eigenvalue weighted by atomic mass is 32.1. The molecular weight excluding hydrogens is 260 g/mol. The highest BCUT2D eigenvalue weighted by Crippen LogP contribution is 2.07. The maximum Gasteiger partial charge on any atom is 0.263 e. The first-order valence-electron chi connectivity index (χ1n) is 5.64. The van der Waals surface area contributed by atoms with E-state index in [9.17, 15) is 9.59 Å². The van der Waals surface area contributed by atoms with Gasteiger partial charge in [0.05, 0.1) is 13.1 Å². The minimum atomic E-state index is -0.442. The first kappa shape index (κ1) is 13.1. The molecule has 1 N–H and O–H groups in total. The van der Waals surface area contributed by atoms with E-state index in [-0.39, 0.29) is 17.7 Å². The molecule has 0 aliphatic rings. The SMILES string of the molecule is C#CCNC(=O)c1cccn(Cc2ccsc2)c1=O. The van der Waals surface area contributed by atoms with Crippen LogP contribution < -0.4 is 10.9 Å². The zero-order valence-corrected chi connectivity index (χ0v) is 10.9. The zero-order chi connectivity index (χ0) is 13.7. The molecule has 1 amide bonds. The number of rotatable bonds is 4. The summed E-state index contributed by atoms with van der Waals surface area (Å²) in [6, 6.07) is 5.12. The second-order valence-corrected chi connectivity index (χ2v) is 4.65. The summed E-state index contributed by atoms with van der Waals surface area (Å²) in [5, 5.41) is 6.41. The van der Waals surface area contributed by atoms with E-state index in [4.69, 9.17) is 6.42 Å². The van der Waals surface area contributed by atoms with Crippen molar-refractivity contribution in [3.8, 4) is 12.3 Å². The molecule has 2 aromatic heterocycles. The lowest BCUT2D eigenvalue weighted by Crippen LogP contribution is -2.33. The predicted molar refractivity (Wildman–Crippen MR) is 75.3 cm³/mol. The van der Waals surface area contributed by atoms with Gasteiger partial charge in [0.2, 0.25) is 0 Å². The quantitative estimate of drug-likeness (QED) is 0.853. The number of thiophene rings is 1. The molecule has 0 atom stereocenters. The average molecular weight is 272 g/mol. The summed E-state index contributed by atoms with van der Waals surface area (Å²) < 4.78 is 1.51. The van der Waals surface area contributed by atoms with Crippen molar-refractivity contribution in [1.29, 1.82) is 0 Å². The van der Waals surface area contributed by atoms with Crippen molar-refractivity contribution in [2.24, 2.45) is 0 Å². The van der Waals surface area contributed by atoms with Gasteiger partial charge in [-0.05, 0) is 34.5 Å². The fourth-order valence-corrected chi connectivity index (χ4v) is 2.30.